The van der Waals surface area contributed by atoms with Crippen molar-refractivity contribution in [1.29, 1.82) is 5.26 Å². The summed E-state index contributed by atoms with van der Waals surface area (Å²) in [6.45, 7) is 0. The summed E-state index contributed by atoms with van der Waals surface area (Å²) in [5, 5.41) is 17.2. The third-order valence-electron chi connectivity index (χ3n) is 1.03. The fraction of sp³-hybridized carbons (Fsp3) is 0. The summed E-state index contributed by atoms with van der Waals surface area (Å²) in [6.07, 6.45) is 0. The topological polar surface area (TPSA) is 92.7 Å². The minimum atomic E-state index is -0.686. The van der Waals surface area contributed by atoms with Crippen molar-refractivity contribution in [2.45, 2.75) is 0 Å². The summed E-state index contributed by atoms with van der Waals surface area (Å²) in [4.78, 5) is 15.1. The van der Waals surface area contributed by atoms with Crippen LogP contribution < -0.4 is 5.56 Å². The van der Waals surface area contributed by atoms with E-state index in [1.807, 2.05) is 0 Å². The summed E-state index contributed by atoms with van der Waals surface area (Å²) < 4.78 is -0.00787. The number of nitrogens with one attached hydrogen (secondary N) is 2. The first kappa shape index (κ1) is 7.50. The van der Waals surface area contributed by atoms with E-state index in [-0.39, 0.29) is 10.3 Å². The Balaban J connectivity index is 3.66. The number of H-pyrrole nitrogens is 2. The Kier molecular flexibility index (Phi) is 1.74. The van der Waals surface area contributed by atoms with Gasteiger partial charge in [0.2, 0.25) is 5.88 Å². The zero-order chi connectivity index (χ0) is 8.43. The zero-order valence-corrected chi connectivity index (χ0v) is 6.03. The molecule has 0 aliphatic carbocycles. The van der Waals surface area contributed by atoms with Crippen molar-refractivity contribution in [2.75, 3.05) is 0 Å². The van der Waals surface area contributed by atoms with Gasteiger partial charge in [0.1, 0.15) is 6.07 Å². The first-order chi connectivity index (χ1) is 5.15. The van der Waals surface area contributed by atoms with E-state index in [2.05, 4.69) is 22.2 Å². The van der Waals surface area contributed by atoms with Gasteiger partial charge in [-0.05, 0) is 12.2 Å². The first-order valence-corrected chi connectivity index (χ1v) is 3.01. The van der Waals surface area contributed by atoms with Gasteiger partial charge < -0.3 is 10.1 Å². The lowest BCUT2D eigenvalue weighted by Crippen LogP contribution is -2.11. The van der Waals surface area contributed by atoms with Crippen molar-refractivity contribution in [3.8, 4) is 11.9 Å². The number of rotatable bonds is 0. The second kappa shape index (κ2) is 2.56. The van der Waals surface area contributed by atoms with Gasteiger partial charge in [0.05, 0.1) is 0 Å². The van der Waals surface area contributed by atoms with E-state index in [9.17, 15) is 4.79 Å². The molecular formula is C5H3N3O2S. The lowest BCUT2D eigenvalue weighted by molar-refractivity contribution is 0.448. The molecule has 1 aromatic rings. The van der Waals surface area contributed by atoms with Crippen molar-refractivity contribution >= 4 is 12.2 Å². The number of aromatic amines is 2. The molecule has 5 nitrogen and oxygen atoms in total. The van der Waals surface area contributed by atoms with Crippen LogP contribution in [-0.2, 0) is 0 Å². The highest BCUT2D eigenvalue weighted by molar-refractivity contribution is 7.71. The number of aromatic nitrogens is 2. The van der Waals surface area contributed by atoms with Crippen molar-refractivity contribution in [1.82, 2.24) is 9.97 Å². The van der Waals surface area contributed by atoms with E-state index in [0.717, 1.165) is 0 Å². The minimum Gasteiger partial charge on any atom is -0.493 e. The summed E-state index contributed by atoms with van der Waals surface area (Å²) in [7, 11) is 0. The zero-order valence-electron chi connectivity index (χ0n) is 5.21. The number of hydrogen-bond donors (Lipinski definition) is 3. The van der Waals surface area contributed by atoms with E-state index in [4.69, 9.17) is 10.4 Å². The Hall–Kier alpha value is -1.61. The molecule has 0 radical (unpaired) electrons. The maximum absolute atomic E-state index is 10.8. The maximum Gasteiger partial charge on any atom is 0.273 e. The number of hydrogen-bond acceptors (Lipinski definition) is 4. The molecule has 0 saturated carbocycles. The van der Waals surface area contributed by atoms with Crippen molar-refractivity contribution in [3.05, 3.63) is 20.7 Å². The van der Waals surface area contributed by atoms with Gasteiger partial charge in [-0.25, -0.2) is 0 Å². The van der Waals surface area contributed by atoms with Gasteiger partial charge in [-0.1, -0.05) is 0 Å². The molecule has 0 bridgehead atoms. The van der Waals surface area contributed by atoms with Crippen LogP contribution in [0.15, 0.2) is 4.79 Å². The standard InChI is InChI=1S/C5H3N3O2S/c6-1-2-3(9)7-5(11)8-4(2)10/h(H3,7,8,9,10,11). The monoisotopic (exact) mass is 169 g/mol. The van der Waals surface area contributed by atoms with E-state index >= 15 is 0 Å². The van der Waals surface area contributed by atoms with Crippen LogP contribution >= 0.6 is 12.2 Å². The molecule has 0 unspecified atom stereocenters. The second-order valence-electron chi connectivity index (χ2n) is 1.74. The molecule has 1 heterocycles. The third kappa shape index (κ3) is 1.28. The molecule has 0 fully saturated rings. The molecule has 0 aliphatic heterocycles. The first-order valence-electron chi connectivity index (χ1n) is 2.61. The smallest absolute Gasteiger partial charge is 0.273 e. The molecule has 0 atom stereocenters. The quantitative estimate of drug-likeness (QED) is 0.477. The second-order valence-corrected chi connectivity index (χ2v) is 2.15. The summed E-state index contributed by atoms with van der Waals surface area (Å²) >= 11 is 4.51. The van der Waals surface area contributed by atoms with Crippen LogP contribution in [0.1, 0.15) is 5.56 Å². The molecule has 3 N–H and O–H groups in total. The average molecular weight is 169 g/mol. The van der Waals surface area contributed by atoms with Crippen LogP contribution in [0.2, 0.25) is 0 Å². The van der Waals surface area contributed by atoms with E-state index in [0.29, 0.717) is 0 Å². The Morgan fingerprint density at radius 3 is 2.64 bits per heavy atom. The Morgan fingerprint density at radius 1 is 1.55 bits per heavy atom. The van der Waals surface area contributed by atoms with Gasteiger partial charge in [-0.2, -0.15) is 5.26 Å². The molecular weight excluding hydrogens is 166 g/mol. The van der Waals surface area contributed by atoms with Crippen LogP contribution in [0.4, 0.5) is 0 Å². The van der Waals surface area contributed by atoms with Crippen LogP contribution in [0.25, 0.3) is 0 Å². The predicted molar refractivity (Wildman–Crippen MR) is 38.6 cm³/mol. The fourth-order valence-electron chi connectivity index (χ4n) is 0.578. The average Bonchev–Trinajstić information content (AvgIpc) is 1.85. The maximum atomic E-state index is 10.8. The Labute approximate surface area is 65.9 Å². The number of nitriles is 1. The molecule has 56 valence electrons. The number of aromatic hydroxyl groups is 1. The van der Waals surface area contributed by atoms with Gasteiger partial charge in [0.25, 0.3) is 5.56 Å². The SMILES string of the molecule is N#Cc1c(O)[nH]c(=S)[nH]c1=O. The normalized spacial score (nSPS) is 9.00. The molecule has 1 rings (SSSR count). The molecule has 11 heavy (non-hydrogen) atoms. The highest BCUT2D eigenvalue weighted by atomic mass is 32.1. The van der Waals surface area contributed by atoms with Crippen LogP contribution in [0, 0.1) is 16.1 Å². The largest absolute Gasteiger partial charge is 0.493 e. The minimum absolute atomic E-state index is 0.00787. The highest BCUT2D eigenvalue weighted by Gasteiger charge is 2.04. The summed E-state index contributed by atoms with van der Waals surface area (Å²) in [5.74, 6) is -0.499. The van der Waals surface area contributed by atoms with E-state index in [1.54, 1.807) is 0 Å². The van der Waals surface area contributed by atoms with Crippen molar-refractivity contribution in [2.24, 2.45) is 0 Å². The van der Waals surface area contributed by atoms with Gasteiger partial charge in [-0.3, -0.25) is 9.78 Å². The van der Waals surface area contributed by atoms with Gasteiger partial charge in [0, 0.05) is 0 Å². The molecule has 6 heteroatoms. The molecule has 0 aromatic carbocycles. The Morgan fingerprint density at radius 2 is 2.18 bits per heavy atom. The van der Waals surface area contributed by atoms with Crippen molar-refractivity contribution in [3.63, 3.8) is 0 Å². The van der Waals surface area contributed by atoms with E-state index < -0.39 is 11.4 Å². The summed E-state index contributed by atoms with van der Waals surface area (Å²) in [6, 6.07) is 1.52. The van der Waals surface area contributed by atoms with Crippen LogP contribution in [-0.4, -0.2) is 15.1 Å². The van der Waals surface area contributed by atoms with Crippen LogP contribution in [0.3, 0.4) is 0 Å². The highest BCUT2D eigenvalue weighted by Crippen LogP contribution is 2.03. The van der Waals surface area contributed by atoms with Gasteiger partial charge in [-0.15, -0.1) is 0 Å². The Bertz CT molecular complexity index is 425. The van der Waals surface area contributed by atoms with Gasteiger partial charge >= 0.3 is 0 Å². The predicted octanol–water partition coefficient (Wildman–Crippen LogP) is 0.00977. The lowest BCUT2D eigenvalue weighted by atomic mass is 10.3. The lowest BCUT2D eigenvalue weighted by Gasteiger charge is -1.91. The third-order valence-corrected chi connectivity index (χ3v) is 1.24. The van der Waals surface area contributed by atoms with E-state index in [1.165, 1.54) is 6.07 Å². The summed E-state index contributed by atoms with van der Waals surface area (Å²) in [5.41, 5.74) is -1.05. The molecule has 0 saturated heterocycles. The van der Waals surface area contributed by atoms with Crippen LogP contribution in [0.5, 0.6) is 5.88 Å². The molecule has 0 amide bonds. The molecule has 0 spiro atoms. The fourth-order valence-corrected chi connectivity index (χ4v) is 0.768. The van der Waals surface area contributed by atoms with Gasteiger partial charge in [0.15, 0.2) is 10.3 Å². The van der Waals surface area contributed by atoms with Crippen molar-refractivity contribution < 1.29 is 5.11 Å². The molecule has 1 aromatic heterocycles. The molecule has 0 aliphatic rings. The number of nitrogens with zero attached hydrogens (tertiary/aromatic N) is 1.